The first-order chi connectivity index (χ1) is 19.0. The van der Waals surface area contributed by atoms with Crippen LogP contribution in [0.5, 0.6) is 11.5 Å². The molecule has 2 N–H and O–H groups in total. The lowest BCUT2D eigenvalue weighted by atomic mass is 9.97. The number of rotatable bonds is 10. The molecular weight excluding hydrogens is 622 g/mol. The lowest BCUT2D eigenvalue weighted by Gasteiger charge is -2.30. The van der Waals surface area contributed by atoms with Crippen LogP contribution in [0.4, 0.5) is 11.4 Å². The van der Waals surface area contributed by atoms with Crippen LogP contribution in [-0.2, 0) is 30.6 Å². The van der Waals surface area contributed by atoms with Gasteiger partial charge in [0.15, 0.2) is 0 Å². The summed E-state index contributed by atoms with van der Waals surface area (Å²) < 4.78 is 66.7. The molecular formula is C27H30BrN3O7S2. The zero-order valence-electron chi connectivity index (χ0n) is 22.0. The predicted molar refractivity (Wildman–Crippen MR) is 156 cm³/mol. The summed E-state index contributed by atoms with van der Waals surface area (Å²) in [5, 5.41) is 2.81. The van der Waals surface area contributed by atoms with Gasteiger partial charge in [0.05, 0.1) is 30.6 Å². The minimum atomic E-state index is -3.92. The quantitative estimate of drug-likeness (QED) is 0.331. The molecule has 0 unspecified atom stereocenters. The van der Waals surface area contributed by atoms with Gasteiger partial charge in [-0.05, 0) is 66.9 Å². The van der Waals surface area contributed by atoms with Crippen LogP contribution in [0.3, 0.4) is 0 Å². The van der Waals surface area contributed by atoms with Crippen LogP contribution < -0.4 is 19.5 Å². The number of carbonyl (C=O) groups excluding carboxylic acids is 1. The van der Waals surface area contributed by atoms with Gasteiger partial charge in [-0.15, -0.1) is 0 Å². The van der Waals surface area contributed by atoms with Gasteiger partial charge in [-0.1, -0.05) is 28.1 Å². The highest BCUT2D eigenvalue weighted by Crippen LogP contribution is 2.31. The van der Waals surface area contributed by atoms with E-state index in [2.05, 4.69) is 26.0 Å². The molecule has 0 atom stereocenters. The fraction of sp³-hybridized carbons (Fsp3) is 0.296. The van der Waals surface area contributed by atoms with Gasteiger partial charge in [0.1, 0.15) is 11.5 Å². The van der Waals surface area contributed by atoms with E-state index in [0.29, 0.717) is 35.6 Å². The van der Waals surface area contributed by atoms with E-state index in [0.717, 1.165) is 4.47 Å². The van der Waals surface area contributed by atoms with Gasteiger partial charge in [0, 0.05) is 35.2 Å². The number of carbonyl (C=O) groups is 1. The second-order valence-corrected chi connectivity index (χ2v) is 13.8. The van der Waals surface area contributed by atoms with Crippen molar-refractivity contribution < 1.29 is 31.1 Å². The van der Waals surface area contributed by atoms with Crippen molar-refractivity contribution in [2.75, 3.05) is 37.3 Å². The van der Waals surface area contributed by atoms with Crippen molar-refractivity contribution in [3.63, 3.8) is 0 Å². The SMILES string of the molecule is COc1ccc(NS(=O)(=O)c2ccc(NC(=O)C3CCN(S(=O)(=O)Cc4ccc(Br)cc4)CC3)cc2)c(OC)c1. The van der Waals surface area contributed by atoms with Gasteiger partial charge in [0.25, 0.3) is 10.0 Å². The van der Waals surface area contributed by atoms with E-state index in [1.165, 1.54) is 42.8 Å². The normalized spacial score (nSPS) is 14.9. The number of halogens is 1. The van der Waals surface area contributed by atoms with Crippen molar-refractivity contribution in [2.45, 2.75) is 23.5 Å². The van der Waals surface area contributed by atoms with Crippen molar-refractivity contribution in [3.05, 3.63) is 76.8 Å². The molecule has 214 valence electrons. The smallest absolute Gasteiger partial charge is 0.262 e. The molecule has 4 rings (SSSR count). The highest BCUT2D eigenvalue weighted by molar-refractivity contribution is 9.10. The van der Waals surface area contributed by atoms with Crippen LogP contribution in [0.1, 0.15) is 18.4 Å². The van der Waals surface area contributed by atoms with Gasteiger partial charge in [-0.25, -0.2) is 21.1 Å². The Morgan fingerprint density at radius 2 is 1.57 bits per heavy atom. The Morgan fingerprint density at radius 3 is 2.17 bits per heavy atom. The molecule has 13 heteroatoms. The van der Waals surface area contributed by atoms with Crippen molar-refractivity contribution in [1.29, 1.82) is 0 Å². The molecule has 1 heterocycles. The van der Waals surface area contributed by atoms with Gasteiger partial charge in [-0.2, -0.15) is 0 Å². The number of hydrogen-bond donors (Lipinski definition) is 2. The van der Waals surface area contributed by atoms with Crippen LogP contribution in [-0.4, -0.2) is 54.4 Å². The largest absolute Gasteiger partial charge is 0.497 e. The highest BCUT2D eigenvalue weighted by atomic mass is 79.9. The van der Waals surface area contributed by atoms with Crippen LogP contribution in [0.25, 0.3) is 0 Å². The summed E-state index contributed by atoms with van der Waals surface area (Å²) >= 11 is 3.34. The second-order valence-electron chi connectivity index (χ2n) is 9.24. The Kier molecular flexibility index (Phi) is 9.39. The summed E-state index contributed by atoms with van der Waals surface area (Å²) in [6.07, 6.45) is 0.789. The zero-order chi connectivity index (χ0) is 28.9. The average molecular weight is 653 g/mol. The maximum absolute atomic E-state index is 12.9. The number of methoxy groups -OCH3 is 2. The molecule has 0 radical (unpaired) electrons. The third kappa shape index (κ3) is 7.33. The molecule has 10 nitrogen and oxygen atoms in total. The van der Waals surface area contributed by atoms with Crippen LogP contribution in [0.2, 0.25) is 0 Å². The van der Waals surface area contributed by atoms with Gasteiger partial charge < -0.3 is 14.8 Å². The standard InChI is InChI=1S/C27H30BrN3O7S2/c1-37-23-9-12-25(26(17-23)38-2)30-40(35,36)24-10-7-22(8-11-24)29-27(32)20-13-15-31(16-14-20)39(33,34)18-19-3-5-21(28)6-4-19/h3-12,17,20,30H,13-16,18H2,1-2H3,(H,29,32). The topological polar surface area (TPSA) is 131 Å². The van der Waals surface area contributed by atoms with Gasteiger partial charge in [0.2, 0.25) is 15.9 Å². The summed E-state index contributed by atoms with van der Waals surface area (Å²) in [5.41, 5.74) is 1.40. The molecule has 1 saturated heterocycles. The summed E-state index contributed by atoms with van der Waals surface area (Å²) in [6.45, 7) is 0.517. The minimum Gasteiger partial charge on any atom is -0.497 e. The fourth-order valence-corrected chi connectivity index (χ4v) is 7.23. The molecule has 1 amide bonds. The van der Waals surface area contributed by atoms with Crippen molar-refractivity contribution in [1.82, 2.24) is 4.31 Å². The first-order valence-corrected chi connectivity index (χ1v) is 16.3. The Labute approximate surface area is 242 Å². The number of sulfonamides is 2. The summed E-state index contributed by atoms with van der Waals surface area (Å²) in [4.78, 5) is 12.9. The van der Waals surface area contributed by atoms with Crippen LogP contribution in [0, 0.1) is 5.92 Å². The zero-order valence-corrected chi connectivity index (χ0v) is 25.2. The van der Waals surface area contributed by atoms with E-state index in [1.807, 2.05) is 0 Å². The van der Waals surface area contributed by atoms with Crippen molar-refractivity contribution >= 4 is 53.3 Å². The molecule has 3 aromatic rings. The maximum Gasteiger partial charge on any atom is 0.262 e. The molecule has 0 spiro atoms. The number of ether oxygens (including phenoxy) is 2. The lowest BCUT2D eigenvalue weighted by Crippen LogP contribution is -2.41. The molecule has 0 bridgehead atoms. The molecule has 0 saturated carbocycles. The fourth-order valence-electron chi connectivity index (χ4n) is 4.33. The second kappa shape index (κ2) is 12.6. The molecule has 40 heavy (non-hydrogen) atoms. The molecule has 1 aliphatic rings. The Bertz CT molecular complexity index is 1550. The van der Waals surface area contributed by atoms with Crippen LogP contribution >= 0.6 is 15.9 Å². The van der Waals surface area contributed by atoms with E-state index >= 15 is 0 Å². The first-order valence-electron chi connectivity index (χ1n) is 12.4. The van der Waals surface area contributed by atoms with Gasteiger partial charge >= 0.3 is 0 Å². The third-order valence-corrected chi connectivity index (χ3v) is 10.3. The third-order valence-electron chi connectivity index (χ3n) is 6.57. The number of anilines is 2. The Balaban J connectivity index is 1.33. The summed E-state index contributed by atoms with van der Waals surface area (Å²) in [7, 11) is -4.50. The van der Waals surface area contributed by atoms with E-state index in [4.69, 9.17) is 9.47 Å². The Morgan fingerprint density at radius 1 is 0.925 bits per heavy atom. The van der Waals surface area contributed by atoms with Crippen LogP contribution in [0.15, 0.2) is 76.1 Å². The van der Waals surface area contributed by atoms with E-state index < -0.39 is 20.0 Å². The van der Waals surface area contributed by atoms with E-state index in [-0.39, 0.29) is 41.3 Å². The van der Waals surface area contributed by atoms with Gasteiger partial charge in [-0.3, -0.25) is 9.52 Å². The molecule has 0 aliphatic carbocycles. The average Bonchev–Trinajstić information content (AvgIpc) is 2.94. The molecule has 3 aromatic carbocycles. The number of piperidine rings is 1. The molecule has 0 aromatic heterocycles. The Hall–Kier alpha value is -3.13. The summed E-state index contributed by atoms with van der Waals surface area (Å²) in [5.74, 6) is 0.146. The lowest BCUT2D eigenvalue weighted by molar-refractivity contribution is -0.120. The maximum atomic E-state index is 12.9. The monoisotopic (exact) mass is 651 g/mol. The number of benzene rings is 3. The molecule has 1 aliphatic heterocycles. The predicted octanol–water partition coefficient (Wildman–Crippen LogP) is 4.45. The summed E-state index contributed by atoms with van der Waals surface area (Å²) in [6, 6.07) is 17.7. The van der Waals surface area contributed by atoms with E-state index in [9.17, 15) is 21.6 Å². The molecule has 1 fully saturated rings. The first kappa shape index (κ1) is 29.8. The van der Waals surface area contributed by atoms with Crippen molar-refractivity contribution in [3.8, 4) is 11.5 Å². The number of nitrogens with one attached hydrogen (secondary N) is 2. The highest BCUT2D eigenvalue weighted by Gasteiger charge is 2.31. The number of nitrogens with zero attached hydrogens (tertiary/aromatic N) is 1. The van der Waals surface area contributed by atoms with Crippen molar-refractivity contribution in [2.24, 2.45) is 5.92 Å². The minimum absolute atomic E-state index is 0.00709. The van der Waals surface area contributed by atoms with E-state index in [1.54, 1.807) is 42.5 Å². The number of hydrogen-bond acceptors (Lipinski definition) is 7. The number of amides is 1.